The lowest BCUT2D eigenvalue weighted by molar-refractivity contribution is 1.17. The number of aromatic amines is 1. The zero-order valence-electron chi connectivity index (χ0n) is 11.8. The Kier molecular flexibility index (Phi) is 3.05. The Morgan fingerprint density at radius 2 is 1.82 bits per heavy atom. The lowest BCUT2D eigenvalue weighted by atomic mass is 10.2. The zero-order chi connectivity index (χ0) is 14.8. The molecule has 0 amide bonds. The molecule has 0 spiro atoms. The average molecular weight is 286 g/mol. The molecule has 0 fully saturated rings. The lowest BCUT2D eigenvalue weighted by Gasteiger charge is -2.07. The van der Waals surface area contributed by atoms with Crippen LogP contribution in [0.25, 0.3) is 22.3 Å². The second kappa shape index (κ2) is 5.33. The third kappa shape index (κ3) is 2.42. The Morgan fingerprint density at radius 1 is 0.909 bits per heavy atom. The molecule has 4 nitrogen and oxygen atoms in total. The van der Waals surface area contributed by atoms with Gasteiger partial charge in [0.2, 0.25) is 0 Å². The normalized spacial score (nSPS) is 10.7. The first-order valence-electron chi connectivity index (χ1n) is 7.11. The van der Waals surface area contributed by atoms with Crippen molar-refractivity contribution in [1.29, 1.82) is 0 Å². The minimum atomic E-state index is 0.716. The van der Waals surface area contributed by atoms with E-state index in [9.17, 15) is 0 Å². The van der Waals surface area contributed by atoms with Crippen molar-refractivity contribution in [3.63, 3.8) is 0 Å². The Morgan fingerprint density at radius 3 is 2.73 bits per heavy atom. The van der Waals surface area contributed by atoms with Crippen molar-refractivity contribution in [2.45, 2.75) is 0 Å². The fourth-order valence-electron chi connectivity index (χ4n) is 2.43. The first-order valence-corrected chi connectivity index (χ1v) is 7.11. The number of hydrogen-bond acceptors (Lipinski definition) is 3. The number of fused-ring (bicyclic) bond motifs is 1. The number of anilines is 2. The largest absolute Gasteiger partial charge is 0.361 e. The van der Waals surface area contributed by atoms with Crippen LogP contribution in [0, 0.1) is 0 Å². The molecule has 0 aliphatic rings. The summed E-state index contributed by atoms with van der Waals surface area (Å²) in [4.78, 5) is 12.1. The maximum atomic E-state index is 4.58. The van der Waals surface area contributed by atoms with E-state index in [1.165, 1.54) is 5.39 Å². The van der Waals surface area contributed by atoms with E-state index in [0.717, 1.165) is 22.6 Å². The number of hydrogen-bond donors (Lipinski definition) is 2. The number of aromatic nitrogens is 3. The molecule has 0 aliphatic heterocycles. The molecule has 2 N–H and O–H groups in total. The fourth-order valence-corrected chi connectivity index (χ4v) is 2.43. The molecule has 22 heavy (non-hydrogen) atoms. The molecule has 4 aromatic rings. The predicted molar refractivity (Wildman–Crippen MR) is 89.0 cm³/mol. The maximum absolute atomic E-state index is 4.58. The molecule has 0 saturated heterocycles. The summed E-state index contributed by atoms with van der Waals surface area (Å²) in [6.07, 6.45) is 3.71. The molecule has 0 saturated carbocycles. The quantitative estimate of drug-likeness (QED) is 0.588. The molecule has 0 bridgehead atoms. The van der Waals surface area contributed by atoms with Crippen molar-refractivity contribution in [1.82, 2.24) is 15.0 Å². The van der Waals surface area contributed by atoms with Gasteiger partial charge in [-0.3, -0.25) is 0 Å². The molecule has 4 rings (SSSR count). The maximum Gasteiger partial charge on any atom is 0.161 e. The number of H-pyrrole nitrogens is 1. The van der Waals surface area contributed by atoms with Crippen molar-refractivity contribution in [3.05, 3.63) is 73.1 Å². The molecule has 0 atom stereocenters. The topological polar surface area (TPSA) is 53.6 Å². The van der Waals surface area contributed by atoms with Crippen LogP contribution in [0.5, 0.6) is 0 Å². The Hall–Kier alpha value is -3.14. The fraction of sp³-hybridized carbons (Fsp3) is 0. The van der Waals surface area contributed by atoms with Gasteiger partial charge in [-0.1, -0.05) is 30.3 Å². The van der Waals surface area contributed by atoms with E-state index in [-0.39, 0.29) is 0 Å². The summed E-state index contributed by atoms with van der Waals surface area (Å²) in [6.45, 7) is 0. The van der Waals surface area contributed by atoms with E-state index in [0.29, 0.717) is 5.82 Å². The van der Waals surface area contributed by atoms with Gasteiger partial charge in [0.25, 0.3) is 0 Å². The van der Waals surface area contributed by atoms with Crippen molar-refractivity contribution in [3.8, 4) is 11.4 Å². The highest BCUT2D eigenvalue weighted by atomic mass is 15.0. The van der Waals surface area contributed by atoms with Crippen LogP contribution in [-0.2, 0) is 0 Å². The summed E-state index contributed by atoms with van der Waals surface area (Å²) in [5.41, 5.74) is 3.13. The van der Waals surface area contributed by atoms with Crippen molar-refractivity contribution < 1.29 is 0 Å². The Bertz CT molecular complexity index is 912. The van der Waals surface area contributed by atoms with Gasteiger partial charge in [-0.2, -0.15) is 0 Å². The monoisotopic (exact) mass is 286 g/mol. The lowest BCUT2D eigenvalue weighted by Crippen LogP contribution is -1.96. The zero-order valence-corrected chi connectivity index (χ0v) is 11.8. The average Bonchev–Trinajstić information content (AvgIpc) is 3.04. The van der Waals surface area contributed by atoms with Crippen LogP contribution >= 0.6 is 0 Å². The van der Waals surface area contributed by atoms with Crippen LogP contribution in [-0.4, -0.2) is 15.0 Å². The van der Waals surface area contributed by atoms with Gasteiger partial charge in [0.1, 0.15) is 5.82 Å². The second-order valence-electron chi connectivity index (χ2n) is 5.04. The third-order valence-electron chi connectivity index (χ3n) is 3.51. The van der Waals surface area contributed by atoms with E-state index in [1.807, 2.05) is 48.7 Å². The SMILES string of the molecule is c1ccc(-c2nccc(Nc3ccc4[nH]ccc4c3)n2)cc1. The van der Waals surface area contributed by atoms with Crippen LogP contribution in [0.3, 0.4) is 0 Å². The summed E-state index contributed by atoms with van der Waals surface area (Å²) in [5, 5.41) is 4.50. The van der Waals surface area contributed by atoms with E-state index in [4.69, 9.17) is 0 Å². The highest BCUT2D eigenvalue weighted by molar-refractivity contribution is 5.83. The predicted octanol–water partition coefficient (Wildman–Crippen LogP) is 4.37. The van der Waals surface area contributed by atoms with Gasteiger partial charge < -0.3 is 10.3 Å². The van der Waals surface area contributed by atoms with Crippen molar-refractivity contribution in [2.75, 3.05) is 5.32 Å². The summed E-state index contributed by atoms with van der Waals surface area (Å²) in [6, 6.07) is 20.1. The van der Waals surface area contributed by atoms with Gasteiger partial charge in [-0.25, -0.2) is 9.97 Å². The molecular formula is C18H14N4. The molecule has 0 radical (unpaired) electrons. The molecule has 0 unspecified atom stereocenters. The molecular weight excluding hydrogens is 272 g/mol. The summed E-state index contributed by atoms with van der Waals surface area (Å²) in [7, 11) is 0. The van der Waals surface area contributed by atoms with Gasteiger partial charge in [0.15, 0.2) is 5.82 Å². The molecule has 0 aliphatic carbocycles. The molecule has 2 aromatic carbocycles. The van der Waals surface area contributed by atoms with E-state index >= 15 is 0 Å². The third-order valence-corrected chi connectivity index (χ3v) is 3.51. The smallest absolute Gasteiger partial charge is 0.161 e. The second-order valence-corrected chi connectivity index (χ2v) is 5.04. The van der Waals surface area contributed by atoms with Gasteiger partial charge in [-0.05, 0) is 30.3 Å². The minimum Gasteiger partial charge on any atom is -0.361 e. The van der Waals surface area contributed by atoms with Crippen molar-refractivity contribution in [2.24, 2.45) is 0 Å². The highest BCUT2D eigenvalue weighted by Crippen LogP contribution is 2.22. The first kappa shape index (κ1) is 12.6. The van der Waals surface area contributed by atoms with E-state index < -0.39 is 0 Å². The van der Waals surface area contributed by atoms with Gasteiger partial charge >= 0.3 is 0 Å². The highest BCUT2D eigenvalue weighted by Gasteiger charge is 2.03. The Labute approximate surface area is 127 Å². The van der Waals surface area contributed by atoms with Crippen molar-refractivity contribution >= 4 is 22.4 Å². The number of benzene rings is 2. The number of nitrogens with one attached hydrogen (secondary N) is 2. The molecule has 106 valence electrons. The number of nitrogens with zero attached hydrogens (tertiary/aromatic N) is 2. The van der Waals surface area contributed by atoms with Crippen LogP contribution < -0.4 is 5.32 Å². The van der Waals surface area contributed by atoms with E-state index in [1.54, 1.807) is 6.20 Å². The number of rotatable bonds is 3. The summed E-state index contributed by atoms with van der Waals surface area (Å²) >= 11 is 0. The van der Waals surface area contributed by atoms with E-state index in [2.05, 4.69) is 38.5 Å². The summed E-state index contributed by atoms with van der Waals surface area (Å²) < 4.78 is 0. The Balaban J connectivity index is 1.65. The van der Waals surface area contributed by atoms with Crippen LogP contribution in [0.2, 0.25) is 0 Å². The molecule has 2 aromatic heterocycles. The van der Waals surface area contributed by atoms with Crippen LogP contribution in [0.4, 0.5) is 11.5 Å². The standard InChI is InChI=1S/C18H14N4/c1-2-4-13(5-3-1)18-20-11-9-17(22-18)21-15-6-7-16-14(12-15)8-10-19-16/h1-12,19H,(H,20,21,22). The molecule has 2 heterocycles. The van der Waals surface area contributed by atoms with Gasteiger partial charge in [0, 0.05) is 34.5 Å². The summed E-state index contributed by atoms with van der Waals surface area (Å²) in [5.74, 6) is 1.50. The van der Waals surface area contributed by atoms with Crippen LogP contribution in [0.1, 0.15) is 0 Å². The first-order chi connectivity index (χ1) is 10.9. The van der Waals surface area contributed by atoms with Crippen LogP contribution in [0.15, 0.2) is 73.1 Å². The van der Waals surface area contributed by atoms with Gasteiger partial charge in [0.05, 0.1) is 0 Å². The minimum absolute atomic E-state index is 0.716. The van der Waals surface area contributed by atoms with Gasteiger partial charge in [-0.15, -0.1) is 0 Å². The molecule has 4 heteroatoms.